The number of hydrogen-bond acceptors (Lipinski definition) is 1. The third kappa shape index (κ3) is 1.93. The van der Waals surface area contributed by atoms with Crippen molar-refractivity contribution in [2.45, 2.75) is 0 Å². The summed E-state index contributed by atoms with van der Waals surface area (Å²) in [6.45, 7) is 0. The van der Waals surface area contributed by atoms with E-state index in [1.165, 1.54) is 10.8 Å². The number of pyridine rings is 1. The van der Waals surface area contributed by atoms with E-state index in [0.29, 0.717) is 0 Å². The van der Waals surface area contributed by atoms with Crippen LogP contribution < -0.4 is 0 Å². The SMILES string of the molecule is Clc1cccc(-c2cc3ccccc3c3c4ccccc4nn23)c1. The molecule has 24 heavy (non-hydrogen) atoms. The van der Waals surface area contributed by atoms with Gasteiger partial charge in [-0.2, -0.15) is 5.10 Å². The lowest BCUT2D eigenvalue weighted by Gasteiger charge is -2.09. The second kappa shape index (κ2) is 5.08. The smallest absolute Gasteiger partial charge is 0.0934 e. The van der Waals surface area contributed by atoms with Gasteiger partial charge >= 0.3 is 0 Å². The van der Waals surface area contributed by atoms with Crippen LogP contribution in [0.15, 0.2) is 78.9 Å². The highest BCUT2D eigenvalue weighted by Gasteiger charge is 2.13. The number of fused-ring (bicyclic) bond motifs is 5. The van der Waals surface area contributed by atoms with Gasteiger partial charge in [-0.15, -0.1) is 0 Å². The van der Waals surface area contributed by atoms with Crippen LogP contribution in [0.3, 0.4) is 0 Å². The van der Waals surface area contributed by atoms with Crippen molar-refractivity contribution in [3.8, 4) is 11.3 Å². The molecule has 0 atom stereocenters. The second-order valence-corrected chi connectivity index (χ2v) is 6.34. The van der Waals surface area contributed by atoms with Crippen LogP contribution in [-0.2, 0) is 0 Å². The van der Waals surface area contributed by atoms with E-state index in [4.69, 9.17) is 16.7 Å². The van der Waals surface area contributed by atoms with E-state index in [0.717, 1.165) is 32.7 Å². The molecule has 2 nitrogen and oxygen atoms in total. The first kappa shape index (κ1) is 13.6. The number of aromatic nitrogens is 2. The predicted octanol–water partition coefficient (Wildman–Crippen LogP) is 5.96. The maximum atomic E-state index is 6.21. The summed E-state index contributed by atoms with van der Waals surface area (Å²) in [4.78, 5) is 0. The Balaban J connectivity index is 2.03. The number of hydrogen-bond donors (Lipinski definition) is 0. The second-order valence-electron chi connectivity index (χ2n) is 5.90. The van der Waals surface area contributed by atoms with E-state index in [2.05, 4.69) is 54.6 Å². The molecule has 2 heterocycles. The quantitative estimate of drug-likeness (QED) is 0.371. The fourth-order valence-electron chi connectivity index (χ4n) is 3.37. The molecule has 114 valence electrons. The molecule has 5 rings (SSSR count). The molecule has 0 saturated carbocycles. The van der Waals surface area contributed by atoms with E-state index < -0.39 is 0 Å². The van der Waals surface area contributed by atoms with Crippen molar-refractivity contribution in [2.24, 2.45) is 0 Å². The molecule has 3 aromatic carbocycles. The van der Waals surface area contributed by atoms with Crippen LogP contribution in [0.25, 0.3) is 38.4 Å². The first-order valence-corrected chi connectivity index (χ1v) is 8.24. The highest BCUT2D eigenvalue weighted by molar-refractivity contribution is 6.30. The lowest BCUT2D eigenvalue weighted by Crippen LogP contribution is -1.95. The molecule has 2 aromatic heterocycles. The molecule has 0 radical (unpaired) electrons. The van der Waals surface area contributed by atoms with Gasteiger partial charge in [-0.3, -0.25) is 0 Å². The monoisotopic (exact) mass is 328 g/mol. The fraction of sp³-hybridized carbons (Fsp3) is 0. The largest absolute Gasteiger partial charge is 0.231 e. The van der Waals surface area contributed by atoms with Crippen LogP contribution in [0.4, 0.5) is 0 Å². The Morgan fingerprint density at radius 3 is 2.42 bits per heavy atom. The molecular weight excluding hydrogens is 316 g/mol. The minimum Gasteiger partial charge on any atom is -0.231 e. The topological polar surface area (TPSA) is 17.3 Å². The molecule has 0 amide bonds. The zero-order chi connectivity index (χ0) is 16.1. The van der Waals surface area contributed by atoms with Crippen LogP contribution in [-0.4, -0.2) is 9.61 Å². The van der Waals surface area contributed by atoms with Crippen molar-refractivity contribution in [1.29, 1.82) is 0 Å². The van der Waals surface area contributed by atoms with Crippen LogP contribution in [0.5, 0.6) is 0 Å². The summed E-state index contributed by atoms with van der Waals surface area (Å²) in [6.07, 6.45) is 0. The third-order valence-electron chi connectivity index (χ3n) is 4.44. The molecule has 0 aliphatic carbocycles. The van der Waals surface area contributed by atoms with Crippen LogP contribution in [0.1, 0.15) is 0 Å². The van der Waals surface area contributed by atoms with Gasteiger partial charge in [0.1, 0.15) is 0 Å². The van der Waals surface area contributed by atoms with Gasteiger partial charge in [0.25, 0.3) is 0 Å². The summed E-state index contributed by atoms with van der Waals surface area (Å²) in [5.74, 6) is 0. The van der Waals surface area contributed by atoms with Gasteiger partial charge in [-0.25, -0.2) is 4.52 Å². The van der Waals surface area contributed by atoms with Crippen LogP contribution in [0.2, 0.25) is 5.02 Å². The third-order valence-corrected chi connectivity index (χ3v) is 4.67. The van der Waals surface area contributed by atoms with Gasteiger partial charge < -0.3 is 0 Å². The summed E-state index contributed by atoms with van der Waals surface area (Å²) in [6, 6.07) is 26.8. The first-order valence-electron chi connectivity index (χ1n) is 7.86. The zero-order valence-corrected chi connectivity index (χ0v) is 13.5. The molecule has 0 bridgehead atoms. The normalized spacial score (nSPS) is 11.5. The molecule has 3 heteroatoms. The molecule has 0 fully saturated rings. The van der Waals surface area contributed by atoms with E-state index in [9.17, 15) is 0 Å². The van der Waals surface area contributed by atoms with E-state index in [1.807, 2.05) is 28.8 Å². The number of rotatable bonds is 1. The molecule has 5 aromatic rings. The molecule has 0 unspecified atom stereocenters. The van der Waals surface area contributed by atoms with Crippen molar-refractivity contribution >= 4 is 38.8 Å². The average molecular weight is 329 g/mol. The number of halogens is 1. The summed E-state index contributed by atoms with van der Waals surface area (Å²) in [5.41, 5.74) is 4.24. The lowest BCUT2D eigenvalue weighted by atomic mass is 10.0. The highest BCUT2D eigenvalue weighted by Crippen LogP contribution is 2.33. The lowest BCUT2D eigenvalue weighted by molar-refractivity contribution is 0.996. The van der Waals surface area contributed by atoms with Gasteiger partial charge in [0.05, 0.1) is 16.7 Å². The minimum absolute atomic E-state index is 0.727. The Morgan fingerprint density at radius 2 is 1.54 bits per heavy atom. The first-order chi connectivity index (χ1) is 11.8. The van der Waals surface area contributed by atoms with Crippen molar-refractivity contribution in [3.63, 3.8) is 0 Å². The summed E-state index contributed by atoms with van der Waals surface area (Å²) < 4.78 is 2.04. The molecule has 0 aliphatic rings. The van der Waals surface area contributed by atoms with Gasteiger partial charge in [0, 0.05) is 21.4 Å². The van der Waals surface area contributed by atoms with Crippen molar-refractivity contribution in [3.05, 3.63) is 83.9 Å². The Bertz CT molecular complexity index is 1220. The Kier molecular flexibility index (Phi) is 2.88. The van der Waals surface area contributed by atoms with Gasteiger partial charge in [-0.05, 0) is 29.7 Å². The van der Waals surface area contributed by atoms with E-state index in [-0.39, 0.29) is 0 Å². The maximum Gasteiger partial charge on any atom is 0.0934 e. The van der Waals surface area contributed by atoms with Gasteiger partial charge in [-0.1, -0.05) is 66.2 Å². The molecule has 0 aliphatic heterocycles. The summed E-state index contributed by atoms with van der Waals surface area (Å²) >= 11 is 6.21. The molecule has 0 spiro atoms. The number of nitrogens with zero attached hydrogens (tertiary/aromatic N) is 2. The standard InChI is InChI=1S/C21H13ClN2/c22-16-8-5-7-15(12-16)20-13-14-6-1-2-9-17(14)21-18-10-3-4-11-19(18)23-24(20)21/h1-13H. The highest BCUT2D eigenvalue weighted by atomic mass is 35.5. The Hall–Kier alpha value is -2.84. The van der Waals surface area contributed by atoms with Crippen molar-refractivity contribution < 1.29 is 0 Å². The van der Waals surface area contributed by atoms with Crippen LogP contribution in [0, 0.1) is 0 Å². The maximum absolute atomic E-state index is 6.21. The van der Waals surface area contributed by atoms with E-state index >= 15 is 0 Å². The fourth-order valence-corrected chi connectivity index (χ4v) is 3.56. The van der Waals surface area contributed by atoms with Gasteiger partial charge in [0.2, 0.25) is 0 Å². The van der Waals surface area contributed by atoms with Crippen molar-refractivity contribution in [2.75, 3.05) is 0 Å². The van der Waals surface area contributed by atoms with Gasteiger partial charge in [0.15, 0.2) is 0 Å². The summed E-state index contributed by atoms with van der Waals surface area (Å²) in [7, 11) is 0. The summed E-state index contributed by atoms with van der Waals surface area (Å²) in [5, 5.41) is 9.14. The zero-order valence-electron chi connectivity index (χ0n) is 12.8. The molecule has 0 N–H and O–H groups in total. The minimum atomic E-state index is 0.727. The molecule has 0 saturated heterocycles. The number of benzene rings is 3. The van der Waals surface area contributed by atoms with Crippen molar-refractivity contribution in [1.82, 2.24) is 9.61 Å². The van der Waals surface area contributed by atoms with E-state index in [1.54, 1.807) is 0 Å². The average Bonchev–Trinajstić information content (AvgIpc) is 3.01. The Morgan fingerprint density at radius 1 is 0.750 bits per heavy atom. The predicted molar refractivity (Wildman–Crippen MR) is 101 cm³/mol. The molecular formula is C21H13ClN2. The Labute approximate surface area is 143 Å². The van der Waals surface area contributed by atoms with Crippen LogP contribution >= 0.6 is 11.6 Å².